The Balaban J connectivity index is 2.30. The number of imide groups is 1. The van der Waals surface area contributed by atoms with Crippen LogP contribution in [0.15, 0.2) is 5.51 Å². The molecule has 0 saturated heterocycles. The second-order valence-corrected chi connectivity index (χ2v) is 5.61. The van der Waals surface area contributed by atoms with Crippen molar-refractivity contribution in [3.8, 4) is 0 Å². The van der Waals surface area contributed by atoms with Crippen molar-refractivity contribution in [1.29, 1.82) is 0 Å². The summed E-state index contributed by atoms with van der Waals surface area (Å²) in [7, 11) is 1.60. The summed E-state index contributed by atoms with van der Waals surface area (Å²) in [5, 5.41) is 10.8. The van der Waals surface area contributed by atoms with E-state index in [4.69, 9.17) is 5.11 Å². The number of urea groups is 1. The lowest BCUT2D eigenvalue weighted by molar-refractivity contribution is -0.137. The molecule has 21 heavy (non-hydrogen) atoms. The van der Waals surface area contributed by atoms with E-state index in [1.807, 2.05) is 6.92 Å². The smallest absolute Gasteiger partial charge is 0.324 e. The van der Waals surface area contributed by atoms with Gasteiger partial charge in [0.25, 0.3) is 0 Å². The number of nitrogens with one attached hydrogen (secondary N) is 1. The molecule has 7 nitrogen and oxygen atoms in total. The number of nitrogens with zero attached hydrogens (tertiary/aromatic N) is 2. The molecule has 0 aliphatic rings. The van der Waals surface area contributed by atoms with Crippen LogP contribution in [0, 0.1) is 6.92 Å². The molecule has 0 aliphatic carbocycles. The molecule has 0 aliphatic heterocycles. The van der Waals surface area contributed by atoms with Gasteiger partial charge in [0.2, 0.25) is 5.91 Å². The second-order valence-electron chi connectivity index (χ2n) is 4.67. The molecule has 2 N–H and O–H groups in total. The van der Waals surface area contributed by atoms with E-state index < -0.39 is 17.9 Å². The Kier molecular flexibility index (Phi) is 6.80. The van der Waals surface area contributed by atoms with Crippen LogP contribution in [0.4, 0.5) is 4.79 Å². The summed E-state index contributed by atoms with van der Waals surface area (Å²) in [5.41, 5.74) is 2.59. The Bertz CT molecular complexity index is 515. The molecule has 8 heteroatoms. The van der Waals surface area contributed by atoms with Crippen LogP contribution in [0.1, 0.15) is 36.3 Å². The lowest BCUT2D eigenvalue weighted by Crippen LogP contribution is -2.40. The van der Waals surface area contributed by atoms with E-state index in [1.165, 1.54) is 16.2 Å². The second kappa shape index (κ2) is 8.35. The highest BCUT2D eigenvalue weighted by Crippen LogP contribution is 2.14. The predicted octanol–water partition coefficient (Wildman–Crippen LogP) is 1.76. The Morgan fingerprint density at radius 1 is 1.33 bits per heavy atom. The maximum Gasteiger partial charge on any atom is 0.324 e. The quantitative estimate of drug-likeness (QED) is 0.747. The van der Waals surface area contributed by atoms with E-state index in [1.54, 1.807) is 12.6 Å². The third kappa shape index (κ3) is 6.35. The molecule has 0 unspecified atom stereocenters. The summed E-state index contributed by atoms with van der Waals surface area (Å²) >= 11 is 1.46. The van der Waals surface area contributed by atoms with Crippen molar-refractivity contribution in [2.45, 2.75) is 39.2 Å². The number of unbranched alkanes of at least 4 members (excludes halogenated alkanes) is 1. The topological polar surface area (TPSA) is 99.6 Å². The van der Waals surface area contributed by atoms with Crippen molar-refractivity contribution in [2.75, 3.05) is 7.05 Å². The lowest BCUT2D eigenvalue weighted by Gasteiger charge is -2.16. The molecule has 116 valence electrons. The molecule has 1 heterocycles. The molecule has 0 bridgehead atoms. The Morgan fingerprint density at radius 3 is 2.57 bits per heavy atom. The normalized spacial score (nSPS) is 10.2. The summed E-state index contributed by atoms with van der Waals surface area (Å²) in [6, 6.07) is -0.467. The third-order valence-corrected chi connectivity index (χ3v) is 3.78. The van der Waals surface area contributed by atoms with Gasteiger partial charge >= 0.3 is 12.0 Å². The number of thiazole rings is 1. The number of hydrogen-bond donors (Lipinski definition) is 2. The van der Waals surface area contributed by atoms with Gasteiger partial charge in [-0.25, -0.2) is 9.78 Å². The van der Waals surface area contributed by atoms with Gasteiger partial charge in [-0.15, -0.1) is 11.3 Å². The third-order valence-electron chi connectivity index (χ3n) is 2.86. The first-order valence-electron chi connectivity index (χ1n) is 6.56. The standard InChI is InChI=1S/C13H19N3O4S/c1-9-10(21-8-14-9)7-16(2)13(20)15-11(17)5-3-4-6-12(18)19/h8H,3-7H2,1-2H3,(H,18,19)(H,15,17,20). The van der Waals surface area contributed by atoms with Crippen LogP contribution in [-0.4, -0.2) is 39.9 Å². The highest BCUT2D eigenvalue weighted by molar-refractivity contribution is 7.09. The molecule has 1 rings (SSSR count). The minimum atomic E-state index is -0.883. The number of aromatic nitrogens is 1. The zero-order valence-electron chi connectivity index (χ0n) is 12.1. The predicted molar refractivity (Wildman–Crippen MR) is 78.0 cm³/mol. The molecule has 0 saturated carbocycles. The van der Waals surface area contributed by atoms with Gasteiger partial charge in [0.05, 0.1) is 17.7 Å². The number of amides is 3. The molecule has 1 aromatic heterocycles. The molecule has 0 spiro atoms. The van der Waals surface area contributed by atoms with E-state index in [9.17, 15) is 14.4 Å². The average molecular weight is 313 g/mol. The van der Waals surface area contributed by atoms with Gasteiger partial charge in [0, 0.05) is 24.8 Å². The van der Waals surface area contributed by atoms with E-state index in [0.717, 1.165) is 10.6 Å². The van der Waals surface area contributed by atoms with E-state index in [-0.39, 0.29) is 12.8 Å². The number of carbonyl (C=O) groups is 3. The van der Waals surface area contributed by atoms with E-state index in [2.05, 4.69) is 10.3 Å². The summed E-state index contributed by atoms with van der Waals surface area (Å²) in [6.07, 6.45) is 1.05. The summed E-state index contributed by atoms with van der Waals surface area (Å²) in [4.78, 5) is 40.2. The van der Waals surface area contributed by atoms with Crippen LogP contribution >= 0.6 is 11.3 Å². The van der Waals surface area contributed by atoms with Gasteiger partial charge in [-0.05, 0) is 19.8 Å². The van der Waals surface area contributed by atoms with Crippen LogP contribution in [0.25, 0.3) is 0 Å². The maximum absolute atomic E-state index is 11.8. The summed E-state index contributed by atoms with van der Waals surface area (Å²) < 4.78 is 0. The van der Waals surface area contributed by atoms with Gasteiger partial charge in [0.1, 0.15) is 0 Å². The van der Waals surface area contributed by atoms with Crippen molar-refractivity contribution in [3.63, 3.8) is 0 Å². The van der Waals surface area contributed by atoms with Gasteiger partial charge in [0.15, 0.2) is 0 Å². The first-order chi connectivity index (χ1) is 9.90. The molecule has 0 radical (unpaired) electrons. The van der Waals surface area contributed by atoms with Crippen molar-refractivity contribution >= 4 is 29.2 Å². The maximum atomic E-state index is 11.8. The number of hydrogen-bond acceptors (Lipinski definition) is 5. The first-order valence-corrected chi connectivity index (χ1v) is 7.43. The molecular weight excluding hydrogens is 294 g/mol. The van der Waals surface area contributed by atoms with Gasteiger partial charge in [-0.1, -0.05) is 0 Å². The molecular formula is C13H19N3O4S. The molecule has 0 aromatic carbocycles. The number of aryl methyl sites for hydroxylation is 1. The molecule has 3 amide bonds. The Morgan fingerprint density at radius 2 is 2.00 bits per heavy atom. The first kappa shape index (κ1) is 17.1. The fraction of sp³-hybridized carbons (Fsp3) is 0.538. The fourth-order valence-electron chi connectivity index (χ4n) is 1.60. The van der Waals surface area contributed by atoms with Crippen LogP contribution in [0.5, 0.6) is 0 Å². The largest absolute Gasteiger partial charge is 0.481 e. The van der Waals surface area contributed by atoms with Crippen molar-refractivity contribution in [3.05, 3.63) is 16.1 Å². The SMILES string of the molecule is Cc1ncsc1CN(C)C(=O)NC(=O)CCCCC(=O)O. The van der Waals surface area contributed by atoms with E-state index >= 15 is 0 Å². The van der Waals surface area contributed by atoms with Crippen molar-refractivity contribution < 1.29 is 19.5 Å². The Labute approximate surface area is 127 Å². The lowest BCUT2D eigenvalue weighted by atomic mass is 10.2. The van der Waals surface area contributed by atoms with Crippen LogP contribution < -0.4 is 5.32 Å². The van der Waals surface area contributed by atoms with Crippen LogP contribution in [0.2, 0.25) is 0 Å². The van der Waals surface area contributed by atoms with Crippen molar-refractivity contribution in [2.24, 2.45) is 0 Å². The fourth-order valence-corrected chi connectivity index (χ4v) is 2.43. The zero-order valence-corrected chi connectivity index (χ0v) is 12.9. The summed E-state index contributed by atoms with van der Waals surface area (Å²) in [5.74, 6) is -1.27. The number of carboxylic acids is 1. The minimum Gasteiger partial charge on any atom is -0.481 e. The van der Waals surface area contributed by atoms with E-state index in [0.29, 0.717) is 19.4 Å². The van der Waals surface area contributed by atoms with Crippen LogP contribution in [0.3, 0.4) is 0 Å². The minimum absolute atomic E-state index is 0.0335. The van der Waals surface area contributed by atoms with Crippen LogP contribution in [-0.2, 0) is 16.1 Å². The highest BCUT2D eigenvalue weighted by Gasteiger charge is 2.14. The monoisotopic (exact) mass is 313 g/mol. The number of rotatable bonds is 7. The number of carboxylic acid groups (broad SMARTS) is 1. The Hall–Kier alpha value is -1.96. The molecule has 1 aromatic rings. The highest BCUT2D eigenvalue weighted by atomic mass is 32.1. The van der Waals surface area contributed by atoms with Gasteiger partial charge in [-0.2, -0.15) is 0 Å². The van der Waals surface area contributed by atoms with Gasteiger partial charge < -0.3 is 10.0 Å². The van der Waals surface area contributed by atoms with Crippen molar-refractivity contribution in [1.82, 2.24) is 15.2 Å². The number of aliphatic carboxylic acids is 1. The number of carbonyl (C=O) groups excluding carboxylic acids is 2. The molecule has 0 fully saturated rings. The summed E-state index contributed by atoms with van der Waals surface area (Å²) in [6.45, 7) is 2.26. The molecule has 0 atom stereocenters. The zero-order chi connectivity index (χ0) is 15.8. The average Bonchev–Trinajstić information content (AvgIpc) is 2.80. The van der Waals surface area contributed by atoms with Gasteiger partial charge in [-0.3, -0.25) is 14.9 Å².